The summed E-state index contributed by atoms with van der Waals surface area (Å²) in [6.07, 6.45) is -5.86. The fraction of sp³-hybridized carbons (Fsp3) is 0.348. The van der Waals surface area contributed by atoms with Gasteiger partial charge in [0.15, 0.2) is 0 Å². The maximum absolute atomic E-state index is 13.5. The Morgan fingerprint density at radius 1 is 1.03 bits per heavy atom. The summed E-state index contributed by atoms with van der Waals surface area (Å²) in [5.41, 5.74) is -0.564. The maximum Gasteiger partial charge on any atom is 0.390 e. The maximum atomic E-state index is 13.5. The van der Waals surface area contributed by atoms with Gasteiger partial charge in [-0.05, 0) is 24.1 Å². The molecular formula is C23H24F3N3O5. The minimum Gasteiger partial charge on any atom is -0.395 e. The zero-order valence-corrected chi connectivity index (χ0v) is 18.2. The Morgan fingerprint density at radius 3 is 2.29 bits per heavy atom. The van der Waals surface area contributed by atoms with E-state index in [1.54, 1.807) is 48.5 Å². The van der Waals surface area contributed by atoms with Gasteiger partial charge in [0.25, 0.3) is 17.7 Å². The third-order valence-corrected chi connectivity index (χ3v) is 5.45. The topological polar surface area (TPSA) is 119 Å². The van der Waals surface area contributed by atoms with Crippen molar-refractivity contribution in [3.8, 4) is 11.1 Å². The molecule has 2 aromatic rings. The standard InChI is InChI=1S/C23H24F3N3O5/c1-22(34,20(32)27-11-10-23(24,25)26)21(33)28-18-16-8-3-2-6-14(16)15-7-4-5-9-17(15)29(12-13-30)19(18)31/h2-9,18,30,34H,10-13H2,1H3,(H,27,32)(H,28,33)/t18-,22?/m1/s1. The second kappa shape index (κ2) is 9.82. The lowest BCUT2D eigenvalue weighted by molar-refractivity contribution is -0.154. The number of anilines is 1. The molecular weight excluding hydrogens is 455 g/mol. The van der Waals surface area contributed by atoms with E-state index in [1.165, 1.54) is 4.90 Å². The van der Waals surface area contributed by atoms with E-state index in [4.69, 9.17) is 0 Å². The molecule has 0 aliphatic carbocycles. The summed E-state index contributed by atoms with van der Waals surface area (Å²) in [5.74, 6) is -3.22. The highest BCUT2D eigenvalue weighted by atomic mass is 19.4. The predicted octanol–water partition coefficient (Wildman–Crippen LogP) is 1.67. The van der Waals surface area contributed by atoms with Gasteiger partial charge in [0, 0.05) is 18.7 Å². The number of carbonyl (C=O) groups is 3. The molecule has 0 radical (unpaired) electrons. The van der Waals surface area contributed by atoms with Gasteiger partial charge in [-0.15, -0.1) is 0 Å². The molecule has 1 aliphatic heterocycles. The Bertz CT molecular complexity index is 1090. The molecule has 2 aromatic carbocycles. The van der Waals surface area contributed by atoms with E-state index >= 15 is 0 Å². The van der Waals surface area contributed by atoms with Crippen molar-refractivity contribution in [1.29, 1.82) is 0 Å². The number of aliphatic hydroxyl groups is 2. The Labute approximate surface area is 193 Å². The first-order valence-electron chi connectivity index (χ1n) is 10.5. The van der Waals surface area contributed by atoms with Gasteiger partial charge in [0.05, 0.1) is 18.7 Å². The SMILES string of the molecule is CC(O)(C(=O)NCCC(F)(F)F)C(=O)N[C@H]1C(=O)N(CCO)c2ccccc2-c2ccccc21. The van der Waals surface area contributed by atoms with Crippen LogP contribution in [0.3, 0.4) is 0 Å². The first-order valence-corrected chi connectivity index (χ1v) is 10.5. The lowest BCUT2D eigenvalue weighted by Crippen LogP contribution is -2.57. The van der Waals surface area contributed by atoms with Crippen molar-refractivity contribution in [1.82, 2.24) is 10.6 Å². The van der Waals surface area contributed by atoms with Crippen LogP contribution < -0.4 is 15.5 Å². The molecule has 34 heavy (non-hydrogen) atoms. The van der Waals surface area contributed by atoms with Crippen LogP contribution in [0.15, 0.2) is 48.5 Å². The number of carbonyl (C=O) groups excluding carboxylic acids is 3. The molecule has 1 unspecified atom stereocenters. The number of benzene rings is 2. The number of rotatable bonds is 7. The van der Waals surface area contributed by atoms with E-state index in [0.29, 0.717) is 22.4 Å². The number of nitrogens with zero attached hydrogens (tertiary/aromatic N) is 1. The van der Waals surface area contributed by atoms with Gasteiger partial charge in [0.1, 0.15) is 6.04 Å². The summed E-state index contributed by atoms with van der Waals surface area (Å²) in [4.78, 5) is 39.9. The lowest BCUT2D eigenvalue weighted by Gasteiger charge is -2.28. The van der Waals surface area contributed by atoms with Gasteiger partial charge in [-0.2, -0.15) is 13.2 Å². The fourth-order valence-electron chi connectivity index (χ4n) is 3.67. The number of β-amino-alcohol motifs (C(OH)–C–C–N with tert-alkyl or cyclic N) is 1. The van der Waals surface area contributed by atoms with Crippen molar-refractivity contribution in [2.45, 2.75) is 31.2 Å². The quantitative estimate of drug-likeness (QED) is 0.451. The largest absolute Gasteiger partial charge is 0.395 e. The normalized spacial score (nSPS) is 17.2. The van der Waals surface area contributed by atoms with Crippen LogP contribution in [0.5, 0.6) is 0 Å². The average Bonchev–Trinajstić information content (AvgIpc) is 2.88. The van der Waals surface area contributed by atoms with Crippen LogP contribution >= 0.6 is 0 Å². The summed E-state index contributed by atoms with van der Waals surface area (Å²) in [5, 5.41) is 24.3. The second-order valence-electron chi connectivity index (χ2n) is 7.92. The summed E-state index contributed by atoms with van der Waals surface area (Å²) < 4.78 is 37.1. The van der Waals surface area contributed by atoms with Crippen molar-refractivity contribution in [3.63, 3.8) is 0 Å². The molecule has 0 spiro atoms. The van der Waals surface area contributed by atoms with Crippen LogP contribution in [-0.4, -0.2) is 59.4 Å². The molecule has 1 aliphatic rings. The van der Waals surface area contributed by atoms with E-state index in [1.807, 2.05) is 5.32 Å². The van der Waals surface area contributed by atoms with E-state index < -0.39 is 48.5 Å². The highest BCUT2D eigenvalue weighted by molar-refractivity contribution is 6.11. The summed E-state index contributed by atoms with van der Waals surface area (Å²) in [7, 11) is 0. The Kier molecular flexibility index (Phi) is 7.27. The lowest BCUT2D eigenvalue weighted by atomic mass is 9.94. The highest BCUT2D eigenvalue weighted by Gasteiger charge is 2.43. The van der Waals surface area contributed by atoms with Gasteiger partial charge in [-0.1, -0.05) is 42.5 Å². The van der Waals surface area contributed by atoms with Gasteiger partial charge in [-0.25, -0.2) is 0 Å². The number of hydrogen-bond donors (Lipinski definition) is 4. The average molecular weight is 479 g/mol. The zero-order chi connectivity index (χ0) is 25.1. The molecule has 4 N–H and O–H groups in total. The molecule has 0 aromatic heterocycles. The predicted molar refractivity (Wildman–Crippen MR) is 117 cm³/mol. The molecule has 11 heteroatoms. The smallest absolute Gasteiger partial charge is 0.390 e. The van der Waals surface area contributed by atoms with Crippen LogP contribution in [0.2, 0.25) is 0 Å². The number of amides is 3. The Hall–Kier alpha value is -3.44. The van der Waals surface area contributed by atoms with Crippen LogP contribution in [0, 0.1) is 0 Å². The molecule has 8 nitrogen and oxygen atoms in total. The van der Waals surface area contributed by atoms with Crippen molar-refractivity contribution in [2.24, 2.45) is 0 Å². The van der Waals surface area contributed by atoms with Crippen LogP contribution in [0.4, 0.5) is 18.9 Å². The second-order valence-corrected chi connectivity index (χ2v) is 7.92. The van der Waals surface area contributed by atoms with Crippen molar-refractivity contribution in [2.75, 3.05) is 24.6 Å². The van der Waals surface area contributed by atoms with E-state index in [2.05, 4.69) is 5.32 Å². The van der Waals surface area contributed by atoms with Gasteiger partial charge in [0.2, 0.25) is 5.60 Å². The van der Waals surface area contributed by atoms with E-state index in [9.17, 15) is 37.8 Å². The molecule has 0 saturated heterocycles. The molecule has 3 amide bonds. The number of alkyl halides is 3. The van der Waals surface area contributed by atoms with Gasteiger partial charge >= 0.3 is 6.18 Å². The molecule has 3 rings (SSSR count). The van der Waals surface area contributed by atoms with Crippen molar-refractivity contribution >= 4 is 23.4 Å². The highest BCUT2D eigenvalue weighted by Crippen LogP contribution is 2.40. The van der Waals surface area contributed by atoms with Crippen molar-refractivity contribution in [3.05, 3.63) is 54.1 Å². The monoisotopic (exact) mass is 479 g/mol. The molecule has 1 heterocycles. The minimum atomic E-state index is -4.52. The first kappa shape index (κ1) is 25.2. The number of fused-ring (bicyclic) bond motifs is 3. The van der Waals surface area contributed by atoms with Gasteiger partial charge in [-0.3, -0.25) is 14.4 Å². The summed E-state index contributed by atoms with van der Waals surface area (Å²) in [6.45, 7) is -0.434. The molecule has 0 fully saturated rings. The Morgan fingerprint density at radius 2 is 1.65 bits per heavy atom. The van der Waals surface area contributed by atoms with Crippen molar-refractivity contribution < 1.29 is 37.8 Å². The summed E-state index contributed by atoms with van der Waals surface area (Å²) >= 11 is 0. The van der Waals surface area contributed by atoms with Crippen LogP contribution in [0.1, 0.15) is 24.9 Å². The molecule has 182 valence electrons. The number of nitrogens with one attached hydrogen (secondary N) is 2. The fourth-order valence-corrected chi connectivity index (χ4v) is 3.67. The molecule has 0 bridgehead atoms. The van der Waals surface area contributed by atoms with E-state index in [0.717, 1.165) is 6.92 Å². The van der Waals surface area contributed by atoms with Gasteiger partial charge < -0.3 is 25.7 Å². The number of hydrogen-bond acceptors (Lipinski definition) is 5. The first-order chi connectivity index (χ1) is 16.0. The number of aliphatic hydroxyl groups excluding tert-OH is 1. The van der Waals surface area contributed by atoms with Crippen LogP contribution in [-0.2, 0) is 14.4 Å². The van der Waals surface area contributed by atoms with Crippen LogP contribution in [0.25, 0.3) is 11.1 Å². The number of para-hydroxylation sites is 1. The van der Waals surface area contributed by atoms with E-state index in [-0.39, 0.29) is 13.2 Å². The molecule has 2 atom stereocenters. The molecule has 0 saturated carbocycles. The minimum absolute atomic E-state index is 0.0788. The summed E-state index contributed by atoms with van der Waals surface area (Å²) in [6, 6.07) is 12.4. The zero-order valence-electron chi connectivity index (χ0n) is 18.2. The third-order valence-electron chi connectivity index (χ3n) is 5.45. The Balaban J connectivity index is 1.92. The third kappa shape index (κ3) is 5.20. The number of halogens is 3.